The SMILES string of the molecule is COc1ccc(CN2CCC[C@H](c3nnc(C)o3)[C@@H]2C)cn1. The van der Waals surface area contributed by atoms with Gasteiger partial charge in [-0.3, -0.25) is 4.90 Å². The summed E-state index contributed by atoms with van der Waals surface area (Å²) in [6.07, 6.45) is 4.12. The van der Waals surface area contributed by atoms with E-state index in [1.807, 2.05) is 19.2 Å². The Morgan fingerprint density at radius 2 is 2.23 bits per heavy atom. The smallest absolute Gasteiger partial charge is 0.221 e. The van der Waals surface area contributed by atoms with E-state index in [0.717, 1.165) is 31.8 Å². The summed E-state index contributed by atoms with van der Waals surface area (Å²) in [7, 11) is 1.63. The molecule has 0 aliphatic carbocycles. The van der Waals surface area contributed by atoms with Crippen LogP contribution in [0.4, 0.5) is 0 Å². The molecule has 22 heavy (non-hydrogen) atoms. The Bertz CT molecular complexity index is 611. The highest BCUT2D eigenvalue weighted by Crippen LogP contribution is 2.32. The van der Waals surface area contributed by atoms with Gasteiger partial charge in [0.15, 0.2) is 0 Å². The maximum atomic E-state index is 5.64. The Labute approximate surface area is 130 Å². The van der Waals surface area contributed by atoms with Crippen molar-refractivity contribution in [3.63, 3.8) is 0 Å². The molecule has 2 aromatic heterocycles. The summed E-state index contributed by atoms with van der Waals surface area (Å²) < 4.78 is 10.7. The summed E-state index contributed by atoms with van der Waals surface area (Å²) in [6.45, 7) is 6.03. The zero-order valence-corrected chi connectivity index (χ0v) is 13.3. The summed E-state index contributed by atoms with van der Waals surface area (Å²) in [5.41, 5.74) is 1.19. The molecule has 0 aromatic carbocycles. The van der Waals surface area contributed by atoms with E-state index in [1.54, 1.807) is 7.11 Å². The first-order valence-electron chi connectivity index (χ1n) is 7.70. The maximum Gasteiger partial charge on any atom is 0.221 e. The second-order valence-electron chi connectivity index (χ2n) is 5.83. The highest BCUT2D eigenvalue weighted by molar-refractivity contribution is 5.18. The molecule has 1 aliphatic rings. The zero-order valence-electron chi connectivity index (χ0n) is 13.3. The minimum atomic E-state index is 0.307. The van der Waals surface area contributed by atoms with Gasteiger partial charge in [0.2, 0.25) is 17.7 Å². The molecule has 0 bridgehead atoms. The average molecular weight is 302 g/mol. The van der Waals surface area contributed by atoms with Gasteiger partial charge in [0, 0.05) is 31.8 Å². The van der Waals surface area contributed by atoms with Crippen LogP contribution in [0.5, 0.6) is 5.88 Å². The number of hydrogen-bond acceptors (Lipinski definition) is 6. The van der Waals surface area contributed by atoms with Crippen LogP contribution in [-0.2, 0) is 6.54 Å². The highest BCUT2D eigenvalue weighted by Gasteiger charge is 2.32. The molecule has 1 aliphatic heterocycles. The lowest BCUT2D eigenvalue weighted by atomic mass is 9.90. The number of piperidine rings is 1. The van der Waals surface area contributed by atoms with E-state index >= 15 is 0 Å². The van der Waals surface area contributed by atoms with Gasteiger partial charge in [0.05, 0.1) is 13.0 Å². The molecule has 0 spiro atoms. The molecule has 2 aromatic rings. The Hall–Kier alpha value is -1.95. The van der Waals surface area contributed by atoms with Gasteiger partial charge in [-0.15, -0.1) is 10.2 Å². The summed E-state index contributed by atoms with van der Waals surface area (Å²) >= 11 is 0. The number of nitrogens with zero attached hydrogens (tertiary/aromatic N) is 4. The van der Waals surface area contributed by atoms with Crippen LogP contribution in [0.3, 0.4) is 0 Å². The molecule has 1 saturated heterocycles. The third-order valence-corrected chi connectivity index (χ3v) is 4.37. The number of hydrogen-bond donors (Lipinski definition) is 0. The molecule has 0 unspecified atom stereocenters. The molecular weight excluding hydrogens is 280 g/mol. The van der Waals surface area contributed by atoms with Crippen LogP contribution in [0.25, 0.3) is 0 Å². The minimum Gasteiger partial charge on any atom is -0.481 e. The Balaban J connectivity index is 1.70. The van der Waals surface area contributed by atoms with Crippen LogP contribution in [0, 0.1) is 6.92 Å². The molecule has 3 heterocycles. The number of methoxy groups -OCH3 is 1. The van der Waals surface area contributed by atoms with Gasteiger partial charge in [-0.1, -0.05) is 6.07 Å². The molecule has 0 N–H and O–H groups in total. The molecule has 118 valence electrons. The normalized spacial score (nSPS) is 22.7. The van der Waals surface area contributed by atoms with E-state index in [4.69, 9.17) is 9.15 Å². The Morgan fingerprint density at radius 1 is 1.36 bits per heavy atom. The van der Waals surface area contributed by atoms with Gasteiger partial charge in [-0.05, 0) is 31.9 Å². The molecule has 0 amide bonds. The Morgan fingerprint density at radius 3 is 2.86 bits per heavy atom. The van der Waals surface area contributed by atoms with Crippen molar-refractivity contribution >= 4 is 0 Å². The van der Waals surface area contributed by atoms with Crippen molar-refractivity contribution < 1.29 is 9.15 Å². The maximum absolute atomic E-state index is 5.64. The first-order chi connectivity index (χ1) is 10.7. The van der Waals surface area contributed by atoms with Crippen molar-refractivity contribution in [2.24, 2.45) is 0 Å². The number of aryl methyl sites for hydroxylation is 1. The van der Waals surface area contributed by atoms with Crippen LogP contribution in [0.15, 0.2) is 22.7 Å². The quantitative estimate of drug-likeness (QED) is 0.865. The van der Waals surface area contributed by atoms with Gasteiger partial charge in [0.1, 0.15) is 0 Å². The summed E-state index contributed by atoms with van der Waals surface area (Å²) in [5, 5.41) is 8.18. The average Bonchev–Trinajstić information content (AvgIpc) is 2.96. The minimum absolute atomic E-state index is 0.307. The van der Waals surface area contributed by atoms with Gasteiger partial charge >= 0.3 is 0 Å². The molecular formula is C16H22N4O2. The van der Waals surface area contributed by atoms with Gasteiger partial charge in [-0.2, -0.15) is 0 Å². The molecule has 0 radical (unpaired) electrons. The zero-order chi connectivity index (χ0) is 15.5. The van der Waals surface area contributed by atoms with E-state index in [2.05, 4.69) is 33.1 Å². The van der Waals surface area contributed by atoms with Crippen LogP contribution in [-0.4, -0.2) is 39.8 Å². The number of ether oxygens (including phenoxy) is 1. The lowest BCUT2D eigenvalue weighted by Gasteiger charge is -2.37. The number of likely N-dealkylation sites (tertiary alicyclic amines) is 1. The predicted octanol–water partition coefficient (Wildman–Crippen LogP) is 2.55. The predicted molar refractivity (Wildman–Crippen MR) is 81.7 cm³/mol. The molecule has 6 nitrogen and oxygen atoms in total. The van der Waals surface area contributed by atoms with Crippen LogP contribution < -0.4 is 4.74 Å². The van der Waals surface area contributed by atoms with Crippen LogP contribution in [0.1, 0.15) is 43.0 Å². The summed E-state index contributed by atoms with van der Waals surface area (Å²) in [6, 6.07) is 4.35. The van der Waals surface area contributed by atoms with E-state index in [-0.39, 0.29) is 0 Å². The molecule has 2 atom stereocenters. The molecule has 6 heteroatoms. The van der Waals surface area contributed by atoms with Crippen molar-refractivity contribution in [3.05, 3.63) is 35.7 Å². The number of pyridine rings is 1. The van der Waals surface area contributed by atoms with E-state index in [1.165, 1.54) is 5.56 Å². The standard InChI is InChI=1S/C16H22N4O2/c1-11-14(16-19-18-12(2)22-16)5-4-8-20(11)10-13-6-7-15(21-3)17-9-13/h6-7,9,11,14H,4-5,8,10H2,1-3H3/t11-,14-/m0/s1. The third-order valence-electron chi connectivity index (χ3n) is 4.37. The first kappa shape index (κ1) is 15.0. The van der Waals surface area contributed by atoms with E-state index in [0.29, 0.717) is 23.7 Å². The number of aromatic nitrogens is 3. The topological polar surface area (TPSA) is 64.3 Å². The van der Waals surface area contributed by atoms with E-state index in [9.17, 15) is 0 Å². The lowest BCUT2D eigenvalue weighted by molar-refractivity contribution is 0.118. The molecule has 3 rings (SSSR count). The fourth-order valence-corrected chi connectivity index (χ4v) is 3.09. The van der Waals surface area contributed by atoms with Crippen molar-refractivity contribution in [2.45, 2.75) is 45.2 Å². The van der Waals surface area contributed by atoms with Crippen LogP contribution in [0.2, 0.25) is 0 Å². The lowest BCUT2D eigenvalue weighted by Crippen LogP contribution is -2.41. The van der Waals surface area contributed by atoms with Gasteiger partial charge in [0.25, 0.3) is 0 Å². The largest absolute Gasteiger partial charge is 0.481 e. The van der Waals surface area contributed by atoms with E-state index < -0.39 is 0 Å². The second-order valence-corrected chi connectivity index (χ2v) is 5.83. The molecule has 1 fully saturated rings. The van der Waals surface area contributed by atoms with Crippen molar-refractivity contribution in [2.75, 3.05) is 13.7 Å². The fourth-order valence-electron chi connectivity index (χ4n) is 3.09. The molecule has 0 saturated carbocycles. The summed E-state index contributed by atoms with van der Waals surface area (Å²) in [5.74, 6) is 2.36. The van der Waals surface area contributed by atoms with Crippen LogP contribution >= 0.6 is 0 Å². The van der Waals surface area contributed by atoms with Crippen molar-refractivity contribution in [3.8, 4) is 5.88 Å². The Kier molecular flexibility index (Phi) is 4.38. The third kappa shape index (κ3) is 3.11. The van der Waals surface area contributed by atoms with Gasteiger partial charge in [-0.25, -0.2) is 4.98 Å². The van der Waals surface area contributed by atoms with Crippen molar-refractivity contribution in [1.29, 1.82) is 0 Å². The van der Waals surface area contributed by atoms with Gasteiger partial charge < -0.3 is 9.15 Å². The highest BCUT2D eigenvalue weighted by atomic mass is 16.5. The van der Waals surface area contributed by atoms with Crippen molar-refractivity contribution in [1.82, 2.24) is 20.1 Å². The number of rotatable bonds is 4. The monoisotopic (exact) mass is 302 g/mol. The second kappa shape index (κ2) is 6.44. The fraction of sp³-hybridized carbons (Fsp3) is 0.562. The first-order valence-corrected chi connectivity index (χ1v) is 7.70. The summed E-state index contributed by atoms with van der Waals surface area (Å²) in [4.78, 5) is 6.73.